The van der Waals surface area contributed by atoms with E-state index >= 15 is 0 Å². The number of morpholine rings is 1. The summed E-state index contributed by atoms with van der Waals surface area (Å²) < 4.78 is 13.0. The lowest BCUT2D eigenvalue weighted by Gasteiger charge is -2.29. The molecule has 3 rings (SSSR count). The van der Waals surface area contributed by atoms with E-state index in [-0.39, 0.29) is 0 Å². The third-order valence-corrected chi connectivity index (χ3v) is 4.03. The molecule has 0 N–H and O–H groups in total. The topological polar surface area (TPSA) is 46.7 Å². The molecule has 2 aromatic rings. The van der Waals surface area contributed by atoms with Crippen molar-refractivity contribution in [3.63, 3.8) is 0 Å². The molecule has 0 saturated carbocycles. The molecule has 120 valence electrons. The zero-order valence-corrected chi connectivity index (χ0v) is 12.9. The summed E-state index contributed by atoms with van der Waals surface area (Å²) in [6, 6.07) is 3.99. The molecule has 22 heavy (non-hydrogen) atoms. The van der Waals surface area contributed by atoms with Gasteiger partial charge in [-0.2, -0.15) is 0 Å². The summed E-state index contributed by atoms with van der Waals surface area (Å²) in [5.74, 6) is 1.02. The first-order valence-corrected chi connectivity index (χ1v) is 7.91. The van der Waals surface area contributed by atoms with E-state index in [0.717, 1.165) is 64.8 Å². The van der Waals surface area contributed by atoms with Crippen LogP contribution in [0, 0.1) is 0 Å². The quantitative estimate of drug-likeness (QED) is 0.736. The molecular weight excluding hydrogens is 280 g/mol. The van der Waals surface area contributed by atoms with E-state index < -0.39 is 0 Å². The summed E-state index contributed by atoms with van der Waals surface area (Å²) in [5.41, 5.74) is 0. The standard InChI is InChI=1S/C16H24N4O2/c1-2-16(22-11-1)14-19(7-8-20-4-3-17-15-20)6-5-18-9-12-21-13-10-18/h1-4,11,15H,5-10,12-14H2. The summed E-state index contributed by atoms with van der Waals surface area (Å²) in [6.07, 6.45) is 7.44. The number of imidazole rings is 1. The number of aromatic nitrogens is 2. The van der Waals surface area contributed by atoms with Crippen molar-refractivity contribution in [1.29, 1.82) is 0 Å². The Morgan fingerprint density at radius 1 is 1.18 bits per heavy atom. The molecule has 0 amide bonds. The van der Waals surface area contributed by atoms with E-state index in [2.05, 4.69) is 19.4 Å². The van der Waals surface area contributed by atoms with E-state index in [0.29, 0.717) is 0 Å². The smallest absolute Gasteiger partial charge is 0.117 e. The predicted molar refractivity (Wildman–Crippen MR) is 83.5 cm³/mol. The molecule has 0 bridgehead atoms. The van der Waals surface area contributed by atoms with Crippen LogP contribution in [0.5, 0.6) is 0 Å². The van der Waals surface area contributed by atoms with Crippen LogP contribution >= 0.6 is 0 Å². The van der Waals surface area contributed by atoms with Gasteiger partial charge in [0.2, 0.25) is 0 Å². The molecule has 1 fully saturated rings. The number of ether oxygens (including phenoxy) is 1. The Morgan fingerprint density at radius 2 is 2.05 bits per heavy atom. The fourth-order valence-corrected chi connectivity index (χ4v) is 2.68. The molecule has 2 aromatic heterocycles. The maximum Gasteiger partial charge on any atom is 0.117 e. The van der Waals surface area contributed by atoms with Crippen molar-refractivity contribution >= 4 is 0 Å². The Hall–Kier alpha value is -1.63. The highest BCUT2D eigenvalue weighted by atomic mass is 16.5. The fraction of sp³-hybridized carbons (Fsp3) is 0.562. The van der Waals surface area contributed by atoms with Gasteiger partial charge in [-0.25, -0.2) is 4.98 Å². The second-order valence-corrected chi connectivity index (χ2v) is 5.61. The van der Waals surface area contributed by atoms with Crippen LogP contribution in [-0.4, -0.2) is 65.3 Å². The van der Waals surface area contributed by atoms with Crippen LogP contribution < -0.4 is 0 Å². The van der Waals surface area contributed by atoms with Crippen LogP contribution in [-0.2, 0) is 17.8 Å². The van der Waals surface area contributed by atoms with Gasteiger partial charge in [-0.05, 0) is 12.1 Å². The van der Waals surface area contributed by atoms with E-state index in [1.165, 1.54) is 0 Å². The lowest BCUT2D eigenvalue weighted by Crippen LogP contribution is -2.41. The number of rotatable bonds is 8. The average molecular weight is 304 g/mol. The molecule has 0 unspecified atom stereocenters. The predicted octanol–water partition coefficient (Wildman–Crippen LogP) is 1.31. The van der Waals surface area contributed by atoms with Crippen molar-refractivity contribution in [2.45, 2.75) is 13.1 Å². The maximum absolute atomic E-state index is 5.50. The molecular formula is C16H24N4O2. The van der Waals surface area contributed by atoms with Gasteiger partial charge in [0.15, 0.2) is 0 Å². The lowest BCUT2D eigenvalue weighted by molar-refractivity contribution is 0.0324. The lowest BCUT2D eigenvalue weighted by atomic mass is 10.3. The fourth-order valence-electron chi connectivity index (χ4n) is 2.68. The summed E-state index contributed by atoms with van der Waals surface area (Å²) in [7, 11) is 0. The molecule has 0 aliphatic carbocycles. The number of hydrogen-bond acceptors (Lipinski definition) is 5. The van der Waals surface area contributed by atoms with Gasteiger partial charge in [0, 0.05) is 51.7 Å². The molecule has 0 radical (unpaired) electrons. The van der Waals surface area contributed by atoms with Crippen LogP contribution in [0.2, 0.25) is 0 Å². The van der Waals surface area contributed by atoms with Gasteiger partial charge in [-0.15, -0.1) is 0 Å². The summed E-state index contributed by atoms with van der Waals surface area (Å²) in [4.78, 5) is 9.01. The minimum absolute atomic E-state index is 0.853. The average Bonchev–Trinajstić information content (AvgIpc) is 3.24. The second kappa shape index (κ2) is 8.12. The van der Waals surface area contributed by atoms with Crippen molar-refractivity contribution in [3.05, 3.63) is 42.9 Å². The van der Waals surface area contributed by atoms with Gasteiger partial charge >= 0.3 is 0 Å². The summed E-state index contributed by atoms with van der Waals surface area (Å²) >= 11 is 0. The van der Waals surface area contributed by atoms with Crippen molar-refractivity contribution < 1.29 is 9.15 Å². The molecule has 0 atom stereocenters. The highest BCUT2D eigenvalue weighted by Gasteiger charge is 2.13. The normalized spacial score (nSPS) is 16.4. The molecule has 0 spiro atoms. The second-order valence-electron chi connectivity index (χ2n) is 5.61. The van der Waals surface area contributed by atoms with Gasteiger partial charge in [0.1, 0.15) is 5.76 Å². The number of hydrogen-bond donors (Lipinski definition) is 0. The summed E-state index contributed by atoms with van der Waals surface area (Å²) in [6.45, 7) is 8.69. The van der Waals surface area contributed by atoms with E-state index in [1.807, 2.05) is 30.9 Å². The Kier molecular flexibility index (Phi) is 5.64. The van der Waals surface area contributed by atoms with Crippen molar-refractivity contribution in [1.82, 2.24) is 19.4 Å². The van der Waals surface area contributed by atoms with E-state index in [4.69, 9.17) is 9.15 Å². The monoisotopic (exact) mass is 304 g/mol. The first-order chi connectivity index (χ1) is 10.9. The molecule has 1 aliphatic heterocycles. The third-order valence-electron chi connectivity index (χ3n) is 4.03. The zero-order valence-electron chi connectivity index (χ0n) is 12.9. The van der Waals surface area contributed by atoms with Crippen LogP contribution in [0.1, 0.15) is 5.76 Å². The minimum Gasteiger partial charge on any atom is -0.468 e. The highest BCUT2D eigenvalue weighted by molar-refractivity contribution is 4.97. The van der Waals surface area contributed by atoms with Crippen LogP contribution in [0.4, 0.5) is 0 Å². The van der Waals surface area contributed by atoms with Gasteiger partial charge in [-0.3, -0.25) is 9.80 Å². The third kappa shape index (κ3) is 4.69. The maximum atomic E-state index is 5.50. The van der Waals surface area contributed by atoms with Crippen molar-refractivity contribution in [3.8, 4) is 0 Å². The van der Waals surface area contributed by atoms with E-state index in [1.54, 1.807) is 6.26 Å². The van der Waals surface area contributed by atoms with Crippen molar-refractivity contribution in [2.24, 2.45) is 0 Å². The largest absolute Gasteiger partial charge is 0.468 e. The number of nitrogens with zero attached hydrogens (tertiary/aromatic N) is 4. The molecule has 6 heteroatoms. The Balaban J connectivity index is 1.50. The minimum atomic E-state index is 0.853. The van der Waals surface area contributed by atoms with Gasteiger partial charge in [-0.1, -0.05) is 0 Å². The SMILES string of the molecule is c1coc(CN(CCN2CCOCC2)CCn2ccnc2)c1. The van der Waals surface area contributed by atoms with Gasteiger partial charge in [0.05, 0.1) is 32.3 Å². The van der Waals surface area contributed by atoms with Crippen LogP contribution in [0.3, 0.4) is 0 Å². The Bertz CT molecular complexity index is 506. The first kappa shape index (κ1) is 15.3. The van der Waals surface area contributed by atoms with Crippen LogP contribution in [0.15, 0.2) is 41.5 Å². The van der Waals surface area contributed by atoms with E-state index in [9.17, 15) is 0 Å². The Labute approximate surface area is 131 Å². The Morgan fingerprint density at radius 3 is 2.77 bits per heavy atom. The van der Waals surface area contributed by atoms with Gasteiger partial charge < -0.3 is 13.7 Å². The molecule has 0 aromatic carbocycles. The molecule has 1 saturated heterocycles. The molecule has 1 aliphatic rings. The van der Waals surface area contributed by atoms with Crippen molar-refractivity contribution in [2.75, 3.05) is 45.9 Å². The molecule has 3 heterocycles. The number of furan rings is 1. The first-order valence-electron chi connectivity index (χ1n) is 7.91. The zero-order chi connectivity index (χ0) is 15.0. The van der Waals surface area contributed by atoms with Gasteiger partial charge in [0.25, 0.3) is 0 Å². The highest BCUT2D eigenvalue weighted by Crippen LogP contribution is 2.07. The van der Waals surface area contributed by atoms with Crippen LogP contribution in [0.25, 0.3) is 0 Å². The molecule has 6 nitrogen and oxygen atoms in total. The summed E-state index contributed by atoms with van der Waals surface area (Å²) in [5, 5.41) is 0.